The SMILES string of the molecule is Cc1ccc(NC(=O)c2ccc(F)cc2)c(F)c1. The van der Waals surface area contributed by atoms with E-state index in [1.165, 1.54) is 36.4 Å². The highest BCUT2D eigenvalue weighted by atomic mass is 19.1. The van der Waals surface area contributed by atoms with Gasteiger partial charge in [-0.1, -0.05) is 6.07 Å². The molecule has 0 saturated heterocycles. The van der Waals surface area contributed by atoms with E-state index < -0.39 is 17.5 Å². The number of carbonyl (C=O) groups excluding carboxylic acids is 1. The Balaban J connectivity index is 2.18. The largest absolute Gasteiger partial charge is 0.319 e. The van der Waals surface area contributed by atoms with Gasteiger partial charge in [0.2, 0.25) is 0 Å². The van der Waals surface area contributed by atoms with E-state index in [4.69, 9.17) is 0 Å². The first-order valence-corrected chi connectivity index (χ1v) is 5.39. The van der Waals surface area contributed by atoms with E-state index in [0.29, 0.717) is 0 Å². The van der Waals surface area contributed by atoms with Crippen LogP contribution in [0, 0.1) is 18.6 Å². The first-order valence-electron chi connectivity index (χ1n) is 5.39. The third-order valence-electron chi connectivity index (χ3n) is 2.48. The van der Waals surface area contributed by atoms with E-state index >= 15 is 0 Å². The van der Waals surface area contributed by atoms with Crippen molar-refractivity contribution in [1.82, 2.24) is 0 Å². The molecule has 4 heteroatoms. The first-order chi connectivity index (χ1) is 8.56. The van der Waals surface area contributed by atoms with Gasteiger partial charge in [-0.05, 0) is 48.9 Å². The third kappa shape index (κ3) is 2.71. The topological polar surface area (TPSA) is 29.1 Å². The van der Waals surface area contributed by atoms with Crippen LogP contribution in [0.5, 0.6) is 0 Å². The summed E-state index contributed by atoms with van der Waals surface area (Å²) >= 11 is 0. The van der Waals surface area contributed by atoms with Crippen LogP contribution in [-0.4, -0.2) is 5.91 Å². The number of carbonyl (C=O) groups is 1. The molecule has 0 heterocycles. The summed E-state index contributed by atoms with van der Waals surface area (Å²) in [5.74, 6) is -1.39. The lowest BCUT2D eigenvalue weighted by Crippen LogP contribution is -2.13. The number of aryl methyl sites for hydroxylation is 1. The molecule has 0 aliphatic heterocycles. The van der Waals surface area contributed by atoms with Gasteiger partial charge in [0.1, 0.15) is 11.6 Å². The third-order valence-corrected chi connectivity index (χ3v) is 2.48. The standard InChI is InChI=1S/C14H11F2NO/c1-9-2-7-13(12(16)8-9)17-14(18)10-3-5-11(15)6-4-10/h2-8H,1H3,(H,17,18). The van der Waals surface area contributed by atoms with Gasteiger partial charge >= 0.3 is 0 Å². The zero-order valence-corrected chi connectivity index (χ0v) is 9.71. The van der Waals surface area contributed by atoms with Crippen LogP contribution in [0.3, 0.4) is 0 Å². The molecule has 0 spiro atoms. The van der Waals surface area contributed by atoms with Crippen LogP contribution in [0.2, 0.25) is 0 Å². The van der Waals surface area contributed by atoms with Crippen molar-refractivity contribution in [2.45, 2.75) is 6.92 Å². The van der Waals surface area contributed by atoms with Crippen molar-refractivity contribution in [2.24, 2.45) is 0 Å². The van der Waals surface area contributed by atoms with Crippen LogP contribution in [0.25, 0.3) is 0 Å². The minimum Gasteiger partial charge on any atom is -0.319 e. The summed E-state index contributed by atoms with van der Waals surface area (Å²) < 4.78 is 26.2. The molecule has 0 aliphatic carbocycles. The van der Waals surface area contributed by atoms with E-state index in [1.807, 2.05) is 0 Å². The number of rotatable bonds is 2. The van der Waals surface area contributed by atoms with E-state index in [-0.39, 0.29) is 11.3 Å². The fourth-order valence-corrected chi connectivity index (χ4v) is 1.52. The normalized spacial score (nSPS) is 10.2. The molecule has 2 aromatic rings. The van der Waals surface area contributed by atoms with Gasteiger partial charge in [-0.2, -0.15) is 0 Å². The Bertz CT molecular complexity index is 579. The van der Waals surface area contributed by atoms with E-state index in [0.717, 1.165) is 5.56 Å². The van der Waals surface area contributed by atoms with Crippen molar-refractivity contribution in [2.75, 3.05) is 5.32 Å². The summed E-state index contributed by atoms with van der Waals surface area (Å²) in [6.07, 6.45) is 0. The zero-order chi connectivity index (χ0) is 13.1. The average molecular weight is 247 g/mol. The lowest BCUT2D eigenvalue weighted by atomic mass is 10.2. The van der Waals surface area contributed by atoms with Crippen molar-refractivity contribution >= 4 is 11.6 Å². The highest BCUT2D eigenvalue weighted by molar-refractivity contribution is 6.04. The molecule has 0 unspecified atom stereocenters. The molecule has 0 saturated carbocycles. The second-order valence-electron chi connectivity index (χ2n) is 3.94. The summed E-state index contributed by atoms with van der Waals surface area (Å²) in [5.41, 5.74) is 1.15. The molecule has 1 amide bonds. The zero-order valence-electron chi connectivity index (χ0n) is 9.71. The highest BCUT2D eigenvalue weighted by Gasteiger charge is 2.09. The molecule has 18 heavy (non-hydrogen) atoms. The quantitative estimate of drug-likeness (QED) is 0.864. The first kappa shape index (κ1) is 12.2. The van der Waals surface area contributed by atoms with Crippen molar-refractivity contribution in [3.8, 4) is 0 Å². The smallest absolute Gasteiger partial charge is 0.255 e. The molecule has 0 bridgehead atoms. The fraction of sp³-hybridized carbons (Fsp3) is 0.0714. The number of hydrogen-bond acceptors (Lipinski definition) is 1. The average Bonchev–Trinajstić information content (AvgIpc) is 2.33. The molecule has 0 aromatic heterocycles. The molecule has 0 fully saturated rings. The number of nitrogens with one attached hydrogen (secondary N) is 1. The molecule has 0 atom stereocenters. The van der Waals surface area contributed by atoms with E-state index in [1.54, 1.807) is 13.0 Å². The van der Waals surface area contributed by atoms with Crippen LogP contribution < -0.4 is 5.32 Å². The number of halogens is 2. The minimum atomic E-state index is -0.495. The Morgan fingerprint density at radius 3 is 2.33 bits per heavy atom. The van der Waals surface area contributed by atoms with Gasteiger partial charge < -0.3 is 5.32 Å². The van der Waals surface area contributed by atoms with Crippen molar-refractivity contribution in [3.05, 3.63) is 65.2 Å². The van der Waals surface area contributed by atoms with Gasteiger partial charge in [-0.3, -0.25) is 4.79 Å². The van der Waals surface area contributed by atoms with Crippen LogP contribution >= 0.6 is 0 Å². The lowest BCUT2D eigenvalue weighted by Gasteiger charge is -2.07. The van der Waals surface area contributed by atoms with Gasteiger partial charge in [-0.25, -0.2) is 8.78 Å². The summed E-state index contributed by atoms with van der Waals surface area (Å²) in [7, 11) is 0. The molecular formula is C14H11F2NO. The second-order valence-corrected chi connectivity index (χ2v) is 3.94. The minimum absolute atomic E-state index is 0.106. The van der Waals surface area contributed by atoms with Crippen molar-refractivity contribution in [1.29, 1.82) is 0 Å². The number of benzene rings is 2. The summed E-state index contributed by atoms with van der Waals surface area (Å²) in [4.78, 5) is 11.8. The molecule has 0 radical (unpaired) electrons. The van der Waals surface area contributed by atoms with Crippen LogP contribution in [0.15, 0.2) is 42.5 Å². The molecular weight excluding hydrogens is 236 g/mol. The van der Waals surface area contributed by atoms with Crippen molar-refractivity contribution < 1.29 is 13.6 Å². The molecule has 1 N–H and O–H groups in total. The number of anilines is 1. The van der Waals surface area contributed by atoms with E-state index in [2.05, 4.69) is 5.32 Å². The van der Waals surface area contributed by atoms with Crippen molar-refractivity contribution in [3.63, 3.8) is 0 Å². The van der Waals surface area contributed by atoms with Gasteiger partial charge in [0.15, 0.2) is 0 Å². The molecule has 2 nitrogen and oxygen atoms in total. The highest BCUT2D eigenvalue weighted by Crippen LogP contribution is 2.16. The Kier molecular flexibility index (Phi) is 3.37. The molecule has 2 rings (SSSR count). The van der Waals surface area contributed by atoms with Gasteiger partial charge in [-0.15, -0.1) is 0 Å². The summed E-state index contributed by atoms with van der Waals surface area (Å²) in [6.45, 7) is 1.76. The van der Waals surface area contributed by atoms with Gasteiger partial charge in [0.05, 0.1) is 5.69 Å². The Morgan fingerprint density at radius 2 is 1.72 bits per heavy atom. The van der Waals surface area contributed by atoms with Crippen LogP contribution in [0.4, 0.5) is 14.5 Å². The van der Waals surface area contributed by atoms with E-state index in [9.17, 15) is 13.6 Å². The maximum Gasteiger partial charge on any atom is 0.255 e. The number of amides is 1. The second kappa shape index (κ2) is 4.96. The number of hydrogen-bond donors (Lipinski definition) is 1. The Labute approximate surface area is 103 Å². The maximum atomic E-state index is 13.5. The van der Waals surface area contributed by atoms with Gasteiger partial charge in [0.25, 0.3) is 5.91 Å². The predicted molar refractivity (Wildman–Crippen MR) is 65.5 cm³/mol. The predicted octanol–water partition coefficient (Wildman–Crippen LogP) is 3.53. The maximum absolute atomic E-state index is 13.5. The van der Waals surface area contributed by atoms with Crippen LogP contribution in [0.1, 0.15) is 15.9 Å². The summed E-state index contributed by atoms with van der Waals surface area (Å²) in [5, 5.41) is 2.44. The molecule has 2 aromatic carbocycles. The Morgan fingerprint density at radius 1 is 1.06 bits per heavy atom. The summed E-state index contributed by atoms with van der Waals surface area (Å²) in [6, 6.07) is 9.57. The van der Waals surface area contributed by atoms with Gasteiger partial charge in [0, 0.05) is 5.56 Å². The Hall–Kier alpha value is -2.23. The fourth-order valence-electron chi connectivity index (χ4n) is 1.52. The monoisotopic (exact) mass is 247 g/mol. The van der Waals surface area contributed by atoms with Crippen LogP contribution in [-0.2, 0) is 0 Å². The lowest BCUT2D eigenvalue weighted by molar-refractivity contribution is 0.102. The molecule has 92 valence electrons. The molecule has 0 aliphatic rings.